The standard InChI is InChI=1S/C23H28N4O2/c1-23(2,3)22-24-15-19(16-25-22)26-21(29)18-11-13-27(14-12-18)20(28)10-9-17-7-5-4-6-8-17/h4-10,15-16,18H,11-14H2,1-3H3,(H,26,29)/b10-9+. The lowest BCUT2D eigenvalue weighted by molar-refractivity contribution is -0.130. The SMILES string of the molecule is CC(C)(C)c1ncc(NC(=O)C2CCN(C(=O)/C=C/c3ccccc3)CC2)cn1. The van der Waals surface area contributed by atoms with Gasteiger partial charge in [0.05, 0.1) is 18.1 Å². The van der Waals surface area contributed by atoms with Gasteiger partial charge in [0.1, 0.15) is 5.82 Å². The van der Waals surface area contributed by atoms with Crippen LogP contribution in [0.2, 0.25) is 0 Å². The van der Waals surface area contributed by atoms with Crippen molar-refractivity contribution >= 4 is 23.6 Å². The van der Waals surface area contributed by atoms with Crippen molar-refractivity contribution < 1.29 is 9.59 Å². The maximum atomic E-state index is 12.6. The minimum Gasteiger partial charge on any atom is -0.339 e. The van der Waals surface area contributed by atoms with Gasteiger partial charge in [-0.3, -0.25) is 9.59 Å². The van der Waals surface area contributed by atoms with Gasteiger partial charge in [0.25, 0.3) is 0 Å². The highest BCUT2D eigenvalue weighted by atomic mass is 16.2. The summed E-state index contributed by atoms with van der Waals surface area (Å²) < 4.78 is 0. The predicted molar refractivity (Wildman–Crippen MR) is 114 cm³/mol. The van der Waals surface area contributed by atoms with Gasteiger partial charge in [-0.25, -0.2) is 9.97 Å². The fourth-order valence-corrected chi connectivity index (χ4v) is 3.22. The van der Waals surface area contributed by atoms with Gasteiger partial charge in [-0.1, -0.05) is 51.1 Å². The Morgan fingerprint density at radius 1 is 1.07 bits per heavy atom. The summed E-state index contributed by atoms with van der Waals surface area (Å²) in [6, 6.07) is 9.74. The number of piperidine rings is 1. The normalized spacial score (nSPS) is 15.5. The summed E-state index contributed by atoms with van der Waals surface area (Å²) in [4.78, 5) is 35.4. The number of benzene rings is 1. The number of carbonyl (C=O) groups is 2. The van der Waals surface area contributed by atoms with Gasteiger partial charge in [-0.15, -0.1) is 0 Å². The Morgan fingerprint density at radius 3 is 2.28 bits per heavy atom. The maximum Gasteiger partial charge on any atom is 0.246 e. The number of aromatic nitrogens is 2. The molecule has 1 saturated heterocycles. The molecule has 1 aromatic heterocycles. The molecule has 0 bridgehead atoms. The lowest BCUT2D eigenvalue weighted by atomic mass is 9.95. The molecule has 2 aromatic rings. The largest absolute Gasteiger partial charge is 0.339 e. The Morgan fingerprint density at radius 2 is 1.69 bits per heavy atom. The number of likely N-dealkylation sites (tertiary alicyclic amines) is 1. The average Bonchev–Trinajstić information content (AvgIpc) is 2.72. The van der Waals surface area contributed by atoms with E-state index in [1.165, 1.54) is 0 Å². The number of amides is 2. The average molecular weight is 393 g/mol. The molecule has 6 heteroatoms. The van der Waals surface area contributed by atoms with E-state index in [0.29, 0.717) is 31.6 Å². The van der Waals surface area contributed by atoms with Crippen LogP contribution >= 0.6 is 0 Å². The second kappa shape index (κ2) is 8.99. The molecule has 1 aromatic carbocycles. The van der Waals surface area contributed by atoms with E-state index in [1.54, 1.807) is 23.4 Å². The minimum absolute atomic E-state index is 0.0149. The molecule has 152 valence electrons. The van der Waals surface area contributed by atoms with Crippen molar-refractivity contribution in [2.24, 2.45) is 5.92 Å². The Labute approximate surface area is 172 Å². The van der Waals surface area contributed by atoms with Crippen LogP contribution in [-0.2, 0) is 15.0 Å². The third-order valence-electron chi connectivity index (χ3n) is 4.99. The van der Waals surface area contributed by atoms with E-state index < -0.39 is 0 Å². The van der Waals surface area contributed by atoms with Crippen molar-refractivity contribution in [1.29, 1.82) is 0 Å². The van der Waals surface area contributed by atoms with Crippen molar-refractivity contribution in [2.45, 2.75) is 39.0 Å². The smallest absolute Gasteiger partial charge is 0.246 e. The number of hydrogen-bond acceptors (Lipinski definition) is 4. The van der Waals surface area contributed by atoms with E-state index in [9.17, 15) is 9.59 Å². The molecule has 0 atom stereocenters. The molecule has 6 nitrogen and oxygen atoms in total. The number of anilines is 1. The molecule has 1 aliphatic rings. The topological polar surface area (TPSA) is 75.2 Å². The number of rotatable bonds is 4. The van der Waals surface area contributed by atoms with Crippen LogP contribution in [0.5, 0.6) is 0 Å². The van der Waals surface area contributed by atoms with Crippen molar-refractivity contribution in [3.63, 3.8) is 0 Å². The van der Waals surface area contributed by atoms with E-state index in [0.717, 1.165) is 11.4 Å². The molecule has 1 N–H and O–H groups in total. The van der Waals surface area contributed by atoms with E-state index in [-0.39, 0.29) is 23.1 Å². The molecular formula is C23H28N4O2. The summed E-state index contributed by atoms with van der Waals surface area (Å²) in [6.07, 6.45) is 8.03. The summed E-state index contributed by atoms with van der Waals surface area (Å²) in [5.41, 5.74) is 1.47. The van der Waals surface area contributed by atoms with Gasteiger partial charge in [0.2, 0.25) is 11.8 Å². The van der Waals surface area contributed by atoms with Crippen LogP contribution in [-0.4, -0.2) is 39.8 Å². The number of nitrogens with one attached hydrogen (secondary N) is 1. The first-order valence-electron chi connectivity index (χ1n) is 9.98. The van der Waals surface area contributed by atoms with Crippen LogP contribution in [0.25, 0.3) is 6.08 Å². The van der Waals surface area contributed by atoms with Crippen molar-refractivity contribution in [1.82, 2.24) is 14.9 Å². The Kier molecular flexibility index (Phi) is 6.42. The molecule has 3 rings (SSSR count). The zero-order valence-corrected chi connectivity index (χ0v) is 17.3. The maximum absolute atomic E-state index is 12.6. The summed E-state index contributed by atoms with van der Waals surface area (Å²) in [6.45, 7) is 7.30. The number of hydrogen-bond donors (Lipinski definition) is 1. The first kappa shape index (κ1) is 20.7. The van der Waals surface area contributed by atoms with Crippen LogP contribution in [0.15, 0.2) is 48.8 Å². The highest BCUT2D eigenvalue weighted by molar-refractivity contribution is 5.93. The molecule has 0 saturated carbocycles. The summed E-state index contributed by atoms with van der Waals surface area (Å²) in [5.74, 6) is 0.577. The fraction of sp³-hybridized carbons (Fsp3) is 0.391. The summed E-state index contributed by atoms with van der Waals surface area (Å²) >= 11 is 0. The molecule has 0 radical (unpaired) electrons. The van der Waals surface area contributed by atoms with Crippen molar-refractivity contribution in [3.8, 4) is 0 Å². The third kappa shape index (κ3) is 5.73. The van der Waals surface area contributed by atoms with Crippen molar-refractivity contribution in [2.75, 3.05) is 18.4 Å². The molecule has 29 heavy (non-hydrogen) atoms. The Hall–Kier alpha value is -3.02. The molecule has 1 aliphatic heterocycles. The van der Waals surface area contributed by atoms with Crippen LogP contribution < -0.4 is 5.32 Å². The van der Waals surface area contributed by atoms with Gasteiger partial charge >= 0.3 is 0 Å². The second-order valence-corrected chi connectivity index (χ2v) is 8.38. The molecule has 2 heterocycles. The highest BCUT2D eigenvalue weighted by Gasteiger charge is 2.27. The fourth-order valence-electron chi connectivity index (χ4n) is 3.22. The second-order valence-electron chi connectivity index (χ2n) is 8.38. The molecule has 0 spiro atoms. The van der Waals surface area contributed by atoms with E-state index in [4.69, 9.17) is 0 Å². The zero-order chi connectivity index (χ0) is 20.9. The first-order chi connectivity index (χ1) is 13.8. The molecule has 1 fully saturated rings. The van der Waals surface area contributed by atoms with Gasteiger partial charge in [-0.05, 0) is 24.5 Å². The molecule has 2 amide bonds. The first-order valence-corrected chi connectivity index (χ1v) is 9.98. The zero-order valence-electron chi connectivity index (χ0n) is 17.3. The van der Waals surface area contributed by atoms with Crippen molar-refractivity contribution in [3.05, 3.63) is 60.2 Å². The monoisotopic (exact) mass is 392 g/mol. The van der Waals surface area contributed by atoms with E-state index in [1.807, 2.05) is 57.2 Å². The lowest BCUT2D eigenvalue weighted by Gasteiger charge is -2.30. The van der Waals surface area contributed by atoms with Gasteiger partial charge in [-0.2, -0.15) is 0 Å². The number of carbonyl (C=O) groups excluding carboxylic acids is 2. The van der Waals surface area contributed by atoms with Crippen LogP contribution in [0, 0.1) is 5.92 Å². The summed E-state index contributed by atoms with van der Waals surface area (Å²) in [5, 5.41) is 2.90. The highest BCUT2D eigenvalue weighted by Crippen LogP contribution is 2.21. The van der Waals surface area contributed by atoms with E-state index in [2.05, 4.69) is 15.3 Å². The Balaban J connectivity index is 1.49. The lowest BCUT2D eigenvalue weighted by Crippen LogP contribution is -2.40. The predicted octanol–water partition coefficient (Wildman–Crippen LogP) is 3.66. The molecule has 0 unspecified atom stereocenters. The van der Waals surface area contributed by atoms with Crippen LogP contribution in [0.4, 0.5) is 5.69 Å². The molecule has 0 aliphatic carbocycles. The quantitative estimate of drug-likeness (QED) is 0.806. The third-order valence-corrected chi connectivity index (χ3v) is 4.99. The van der Waals surface area contributed by atoms with Gasteiger partial charge in [0.15, 0.2) is 0 Å². The van der Waals surface area contributed by atoms with E-state index >= 15 is 0 Å². The Bertz CT molecular complexity index is 862. The molecular weight excluding hydrogens is 364 g/mol. The van der Waals surface area contributed by atoms with Gasteiger partial charge < -0.3 is 10.2 Å². The van der Waals surface area contributed by atoms with Gasteiger partial charge in [0, 0.05) is 30.5 Å². The summed E-state index contributed by atoms with van der Waals surface area (Å²) in [7, 11) is 0. The number of nitrogens with zero attached hydrogens (tertiary/aromatic N) is 3. The van der Waals surface area contributed by atoms with Crippen LogP contribution in [0.3, 0.4) is 0 Å². The minimum atomic E-state index is -0.128. The van der Waals surface area contributed by atoms with Crippen LogP contribution in [0.1, 0.15) is 45.0 Å².